The van der Waals surface area contributed by atoms with E-state index < -0.39 is 0 Å². The number of nitrogens with zero attached hydrogens (tertiary/aromatic N) is 3. The molecular formula is C19H21N5O2. The van der Waals surface area contributed by atoms with Crippen molar-refractivity contribution in [1.29, 1.82) is 5.26 Å². The van der Waals surface area contributed by atoms with Crippen LogP contribution in [0.3, 0.4) is 0 Å². The van der Waals surface area contributed by atoms with Crippen molar-refractivity contribution in [3.63, 3.8) is 0 Å². The number of anilines is 1. The first-order chi connectivity index (χ1) is 12.6. The molecule has 1 heterocycles. The van der Waals surface area contributed by atoms with Gasteiger partial charge in [0.25, 0.3) is 0 Å². The number of aromatic nitrogens is 2. The van der Waals surface area contributed by atoms with Gasteiger partial charge in [0.2, 0.25) is 11.8 Å². The van der Waals surface area contributed by atoms with E-state index in [1.165, 1.54) is 6.42 Å². The fourth-order valence-corrected chi connectivity index (χ4v) is 2.94. The number of nitrogens with one attached hydrogen (secondary N) is 2. The molecular weight excluding hydrogens is 330 g/mol. The van der Waals surface area contributed by atoms with Gasteiger partial charge in [0.1, 0.15) is 5.75 Å². The summed E-state index contributed by atoms with van der Waals surface area (Å²) in [5.41, 5.74) is 1.23. The van der Waals surface area contributed by atoms with E-state index >= 15 is 0 Å². The average molecular weight is 351 g/mol. The molecule has 1 fully saturated rings. The molecule has 1 aliphatic rings. The Morgan fingerprint density at radius 2 is 1.92 bits per heavy atom. The van der Waals surface area contributed by atoms with Crippen LogP contribution in [0.1, 0.15) is 43.4 Å². The molecule has 0 aliphatic heterocycles. The average Bonchev–Trinajstić information content (AvgIpc) is 2.62. The molecule has 2 aromatic rings. The lowest BCUT2D eigenvalue weighted by Gasteiger charge is -2.22. The maximum absolute atomic E-state index is 12.2. The van der Waals surface area contributed by atoms with Crippen molar-refractivity contribution >= 4 is 12.0 Å². The van der Waals surface area contributed by atoms with Crippen LogP contribution in [0.25, 0.3) is 0 Å². The van der Waals surface area contributed by atoms with Crippen LogP contribution >= 0.6 is 0 Å². The highest BCUT2D eigenvalue weighted by molar-refractivity contribution is 5.87. The number of amides is 2. The zero-order chi connectivity index (χ0) is 18.4. The Balaban J connectivity index is 1.64. The zero-order valence-corrected chi connectivity index (χ0v) is 14.7. The quantitative estimate of drug-likeness (QED) is 0.870. The second-order valence-corrected chi connectivity index (χ2v) is 6.34. The highest BCUT2D eigenvalue weighted by Crippen LogP contribution is 2.22. The number of hydrogen-bond donors (Lipinski definition) is 2. The van der Waals surface area contributed by atoms with E-state index in [4.69, 9.17) is 10.00 Å². The number of aryl methyl sites for hydroxylation is 1. The number of carbonyl (C=O) groups is 1. The number of carbonyl (C=O) groups excluding carboxylic acids is 1. The Hall–Kier alpha value is -3.14. The van der Waals surface area contributed by atoms with Gasteiger partial charge >= 0.3 is 6.03 Å². The number of benzene rings is 1. The topological polar surface area (TPSA) is 99.9 Å². The first-order valence-corrected chi connectivity index (χ1v) is 8.73. The molecule has 2 amide bonds. The Kier molecular flexibility index (Phi) is 5.64. The van der Waals surface area contributed by atoms with Crippen LogP contribution in [0, 0.1) is 18.3 Å². The molecule has 1 aromatic carbocycles. The molecule has 1 aliphatic carbocycles. The SMILES string of the molecule is Cc1cc(Oc2ccc(C#N)cc2)nc(NC(=O)NC2CCCCC2)n1. The summed E-state index contributed by atoms with van der Waals surface area (Å²) in [7, 11) is 0. The molecule has 7 nitrogen and oxygen atoms in total. The summed E-state index contributed by atoms with van der Waals surface area (Å²) in [4.78, 5) is 20.6. The molecule has 7 heteroatoms. The van der Waals surface area contributed by atoms with E-state index in [0.717, 1.165) is 25.7 Å². The largest absolute Gasteiger partial charge is 0.439 e. The number of rotatable bonds is 4. The standard InChI is InChI=1S/C19H21N5O2/c1-13-11-17(26-16-9-7-14(12-20)8-10-16)23-18(21-13)24-19(25)22-15-5-3-2-4-6-15/h7-11,15H,2-6H2,1H3,(H2,21,22,23,24,25). The van der Waals surface area contributed by atoms with Gasteiger partial charge in [-0.05, 0) is 44.0 Å². The van der Waals surface area contributed by atoms with Gasteiger partial charge in [-0.3, -0.25) is 5.32 Å². The van der Waals surface area contributed by atoms with Crippen LogP contribution in [0.2, 0.25) is 0 Å². The summed E-state index contributed by atoms with van der Waals surface area (Å²) >= 11 is 0. The fourth-order valence-electron chi connectivity index (χ4n) is 2.94. The van der Waals surface area contributed by atoms with E-state index in [-0.39, 0.29) is 18.0 Å². The lowest BCUT2D eigenvalue weighted by atomic mass is 9.96. The maximum atomic E-state index is 12.2. The van der Waals surface area contributed by atoms with Gasteiger partial charge in [-0.2, -0.15) is 10.2 Å². The molecule has 0 bridgehead atoms. The fraction of sp³-hybridized carbons (Fsp3) is 0.368. The van der Waals surface area contributed by atoms with E-state index in [1.54, 1.807) is 37.3 Å². The normalized spacial score (nSPS) is 14.3. The number of hydrogen-bond acceptors (Lipinski definition) is 5. The van der Waals surface area contributed by atoms with Crippen molar-refractivity contribution in [2.75, 3.05) is 5.32 Å². The molecule has 134 valence electrons. The zero-order valence-electron chi connectivity index (χ0n) is 14.7. The third-order valence-corrected chi connectivity index (χ3v) is 4.20. The second-order valence-electron chi connectivity index (χ2n) is 6.34. The Morgan fingerprint density at radius 1 is 1.19 bits per heavy atom. The van der Waals surface area contributed by atoms with E-state index in [9.17, 15) is 4.79 Å². The summed E-state index contributed by atoms with van der Waals surface area (Å²) in [5.74, 6) is 1.08. The van der Waals surface area contributed by atoms with Crippen molar-refractivity contribution in [3.05, 3.63) is 41.6 Å². The Bertz CT molecular complexity index is 808. The van der Waals surface area contributed by atoms with E-state index in [1.807, 2.05) is 0 Å². The van der Waals surface area contributed by atoms with Crippen LogP contribution in [0.4, 0.5) is 10.7 Å². The van der Waals surface area contributed by atoms with Crippen molar-refractivity contribution in [3.8, 4) is 17.7 Å². The Morgan fingerprint density at radius 3 is 2.62 bits per heavy atom. The molecule has 0 unspecified atom stereocenters. The second kappa shape index (κ2) is 8.30. The lowest BCUT2D eigenvalue weighted by Crippen LogP contribution is -2.39. The molecule has 0 radical (unpaired) electrons. The van der Waals surface area contributed by atoms with Gasteiger partial charge < -0.3 is 10.1 Å². The monoisotopic (exact) mass is 351 g/mol. The predicted molar refractivity (Wildman–Crippen MR) is 97.0 cm³/mol. The van der Waals surface area contributed by atoms with Crippen LogP contribution in [0.5, 0.6) is 11.6 Å². The van der Waals surface area contributed by atoms with Crippen LogP contribution in [-0.2, 0) is 0 Å². The third-order valence-electron chi connectivity index (χ3n) is 4.20. The van der Waals surface area contributed by atoms with Crippen LogP contribution in [-0.4, -0.2) is 22.0 Å². The first kappa shape index (κ1) is 17.7. The van der Waals surface area contributed by atoms with Crippen molar-refractivity contribution in [1.82, 2.24) is 15.3 Å². The Labute approximate surface area is 152 Å². The molecule has 26 heavy (non-hydrogen) atoms. The predicted octanol–water partition coefficient (Wildman–Crippen LogP) is 3.90. The summed E-state index contributed by atoms with van der Waals surface area (Å²) in [6.45, 7) is 1.80. The van der Waals surface area contributed by atoms with Crippen molar-refractivity contribution in [2.45, 2.75) is 45.1 Å². The smallest absolute Gasteiger partial charge is 0.321 e. The van der Waals surface area contributed by atoms with Gasteiger partial charge in [0.15, 0.2) is 0 Å². The van der Waals surface area contributed by atoms with Gasteiger partial charge in [-0.15, -0.1) is 0 Å². The minimum atomic E-state index is -0.299. The molecule has 1 aromatic heterocycles. The minimum absolute atomic E-state index is 0.196. The molecule has 1 saturated carbocycles. The van der Waals surface area contributed by atoms with Gasteiger partial charge in [-0.1, -0.05) is 19.3 Å². The van der Waals surface area contributed by atoms with Crippen molar-refractivity contribution in [2.24, 2.45) is 0 Å². The van der Waals surface area contributed by atoms with Crippen molar-refractivity contribution < 1.29 is 9.53 Å². The highest BCUT2D eigenvalue weighted by atomic mass is 16.5. The highest BCUT2D eigenvalue weighted by Gasteiger charge is 2.16. The van der Waals surface area contributed by atoms with Gasteiger partial charge in [0.05, 0.1) is 11.6 Å². The summed E-state index contributed by atoms with van der Waals surface area (Å²) < 4.78 is 5.70. The van der Waals surface area contributed by atoms with Gasteiger partial charge in [-0.25, -0.2) is 9.78 Å². The molecule has 2 N–H and O–H groups in total. The number of nitriles is 1. The maximum Gasteiger partial charge on any atom is 0.321 e. The summed E-state index contributed by atoms with van der Waals surface area (Å²) in [6, 6.07) is 10.4. The third kappa shape index (κ3) is 4.93. The number of urea groups is 1. The molecule has 0 spiro atoms. The first-order valence-electron chi connectivity index (χ1n) is 8.73. The van der Waals surface area contributed by atoms with E-state index in [2.05, 4.69) is 26.7 Å². The lowest BCUT2D eigenvalue weighted by molar-refractivity contribution is 0.244. The number of ether oxygens (including phenoxy) is 1. The van der Waals surface area contributed by atoms with E-state index in [0.29, 0.717) is 22.9 Å². The van der Waals surface area contributed by atoms with Crippen LogP contribution in [0.15, 0.2) is 30.3 Å². The van der Waals surface area contributed by atoms with Crippen LogP contribution < -0.4 is 15.4 Å². The summed E-state index contributed by atoms with van der Waals surface area (Å²) in [5, 5.41) is 14.5. The molecule has 3 rings (SSSR count). The molecule has 0 atom stereocenters. The molecule has 0 saturated heterocycles. The van der Waals surface area contributed by atoms with Gasteiger partial charge in [0, 0.05) is 17.8 Å². The summed E-state index contributed by atoms with van der Waals surface area (Å²) in [6.07, 6.45) is 5.55. The minimum Gasteiger partial charge on any atom is -0.439 e.